The number of hydrogen-bond acceptors (Lipinski definition) is 6. The second-order valence-electron chi connectivity index (χ2n) is 6.29. The van der Waals surface area contributed by atoms with Gasteiger partial charge in [-0.3, -0.25) is 0 Å². The molecular formula is C22H26N4O2. The predicted octanol–water partition coefficient (Wildman–Crippen LogP) is 4.59. The number of nitrogens with zero attached hydrogens (tertiary/aromatic N) is 2. The highest BCUT2D eigenvalue weighted by atomic mass is 16.5. The first kappa shape index (κ1) is 19.5. The van der Waals surface area contributed by atoms with E-state index >= 15 is 0 Å². The molecule has 2 aromatic carbocycles. The van der Waals surface area contributed by atoms with Crippen LogP contribution in [0, 0.1) is 6.92 Å². The molecule has 0 unspecified atom stereocenters. The van der Waals surface area contributed by atoms with Crippen LogP contribution >= 0.6 is 0 Å². The summed E-state index contributed by atoms with van der Waals surface area (Å²) in [6.07, 6.45) is 0.822. The third-order valence-corrected chi connectivity index (χ3v) is 4.16. The second kappa shape index (κ2) is 9.60. The number of methoxy groups -OCH3 is 1. The molecule has 146 valence electrons. The van der Waals surface area contributed by atoms with Crippen LogP contribution < -0.4 is 20.1 Å². The van der Waals surface area contributed by atoms with Crippen molar-refractivity contribution in [2.24, 2.45) is 0 Å². The molecule has 0 saturated heterocycles. The SMILES string of the molecule is CCOc1ccc(Nc2cc(C)nc(NCCc3ccccc3OC)n2)cc1. The Bertz CT molecular complexity index is 897. The van der Waals surface area contributed by atoms with E-state index in [0.717, 1.165) is 40.7 Å². The largest absolute Gasteiger partial charge is 0.496 e. The number of aromatic nitrogens is 2. The van der Waals surface area contributed by atoms with Gasteiger partial charge in [-0.1, -0.05) is 18.2 Å². The third kappa shape index (κ3) is 5.36. The van der Waals surface area contributed by atoms with Crippen LogP contribution in [0.25, 0.3) is 0 Å². The smallest absolute Gasteiger partial charge is 0.224 e. The van der Waals surface area contributed by atoms with Crippen molar-refractivity contribution in [3.05, 3.63) is 65.9 Å². The Morgan fingerprint density at radius 2 is 1.79 bits per heavy atom. The number of anilines is 3. The molecule has 0 spiro atoms. The van der Waals surface area contributed by atoms with Gasteiger partial charge >= 0.3 is 0 Å². The van der Waals surface area contributed by atoms with Crippen LogP contribution in [0.3, 0.4) is 0 Å². The Morgan fingerprint density at radius 1 is 1.00 bits per heavy atom. The number of benzene rings is 2. The average molecular weight is 378 g/mol. The fraction of sp³-hybridized carbons (Fsp3) is 0.273. The molecule has 1 heterocycles. The van der Waals surface area contributed by atoms with E-state index in [4.69, 9.17) is 9.47 Å². The second-order valence-corrected chi connectivity index (χ2v) is 6.29. The molecule has 0 aliphatic carbocycles. The van der Waals surface area contributed by atoms with E-state index in [1.165, 1.54) is 0 Å². The lowest BCUT2D eigenvalue weighted by Crippen LogP contribution is -2.10. The van der Waals surface area contributed by atoms with Crippen LogP contribution in [0.4, 0.5) is 17.5 Å². The first-order chi connectivity index (χ1) is 13.7. The normalized spacial score (nSPS) is 10.4. The summed E-state index contributed by atoms with van der Waals surface area (Å²) in [5, 5.41) is 6.61. The van der Waals surface area contributed by atoms with Gasteiger partial charge in [0, 0.05) is 24.0 Å². The van der Waals surface area contributed by atoms with E-state index in [2.05, 4.69) is 26.7 Å². The van der Waals surface area contributed by atoms with E-state index in [9.17, 15) is 0 Å². The molecule has 2 N–H and O–H groups in total. The molecule has 0 aliphatic heterocycles. The Labute approximate surface area is 166 Å². The maximum absolute atomic E-state index is 5.47. The van der Waals surface area contributed by atoms with Gasteiger partial charge in [-0.25, -0.2) is 4.98 Å². The lowest BCUT2D eigenvalue weighted by molar-refractivity contribution is 0.340. The molecule has 0 saturated carbocycles. The molecule has 1 aromatic heterocycles. The van der Waals surface area contributed by atoms with E-state index in [-0.39, 0.29) is 0 Å². The molecule has 0 amide bonds. The van der Waals surface area contributed by atoms with E-state index in [0.29, 0.717) is 19.1 Å². The number of rotatable bonds is 9. The minimum atomic E-state index is 0.600. The zero-order valence-corrected chi connectivity index (χ0v) is 16.5. The first-order valence-electron chi connectivity index (χ1n) is 9.39. The van der Waals surface area contributed by atoms with Crippen LogP contribution in [-0.4, -0.2) is 30.2 Å². The third-order valence-electron chi connectivity index (χ3n) is 4.16. The summed E-state index contributed by atoms with van der Waals surface area (Å²) < 4.78 is 10.9. The van der Waals surface area contributed by atoms with Gasteiger partial charge in [0.1, 0.15) is 17.3 Å². The van der Waals surface area contributed by atoms with Gasteiger partial charge in [-0.05, 0) is 56.2 Å². The van der Waals surface area contributed by atoms with Gasteiger partial charge in [-0.15, -0.1) is 0 Å². The fourth-order valence-corrected chi connectivity index (χ4v) is 2.88. The maximum atomic E-state index is 5.47. The summed E-state index contributed by atoms with van der Waals surface area (Å²) in [7, 11) is 1.69. The van der Waals surface area contributed by atoms with Crippen molar-refractivity contribution in [3.63, 3.8) is 0 Å². The number of aryl methyl sites for hydroxylation is 1. The van der Waals surface area contributed by atoms with Gasteiger partial charge in [0.25, 0.3) is 0 Å². The molecule has 28 heavy (non-hydrogen) atoms. The van der Waals surface area contributed by atoms with Gasteiger partial charge in [0.15, 0.2) is 0 Å². The zero-order valence-electron chi connectivity index (χ0n) is 16.5. The molecule has 0 aliphatic rings. The topological polar surface area (TPSA) is 68.3 Å². The van der Waals surface area contributed by atoms with Gasteiger partial charge in [0.05, 0.1) is 13.7 Å². The van der Waals surface area contributed by atoms with E-state index in [1.807, 2.05) is 62.4 Å². The highest BCUT2D eigenvalue weighted by Crippen LogP contribution is 2.21. The zero-order chi connectivity index (χ0) is 19.8. The van der Waals surface area contributed by atoms with Crippen molar-refractivity contribution in [2.45, 2.75) is 20.3 Å². The summed E-state index contributed by atoms with van der Waals surface area (Å²) in [6.45, 7) is 5.29. The van der Waals surface area contributed by atoms with Crippen LogP contribution in [0.1, 0.15) is 18.2 Å². The molecule has 0 atom stereocenters. The lowest BCUT2D eigenvalue weighted by Gasteiger charge is -2.11. The average Bonchev–Trinajstić information content (AvgIpc) is 2.70. The Morgan fingerprint density at radius 3 is 2.54 bits per heavy atom. The highest BCUT2D eigenvalue weighted by molar-refractivity contribution is 5.58. The molecule has 6 nitrogen and oxygen atoms in total. The monoisotopic (exact) mass is 378 g/mol. The van der Waals surface area contributed by atoms with Crippen molar-refractivity contribution in [3.8, 4) is 11.5 Å². The Hall–Kier alpha value is -3.28. The molecule has 6 heteroatoms. The van der Waals surface area contributed by atoms with Gasteiger partial charge in [-0.2, -0.15) is 4.98 Å². The van der Waals surface area contributed by atoms with Gasteiger partial charge in [0.2, 0.25) is 5.95 Å². The number of ether oxygens (including phenoxy) is 2. The first-order valence-corrected chi connectivity index (χ1v) is 9.39. The summed E-state index contributed by atoms with van der Waals surface area (Å²) in [4.78, 5) is 9.04. The minimum absolute atomic E-state index is 0.600. The number of nitrogens with one attached hydrogen (secondary N) is 2. The lowest BCUT2D eigenvalue weighted by atomic mass is 10.1. The molecule has 0 fully saturated rings. The standard InChI is InChI=1S/C22H26N4O2/c1-4-28-19-11-9-18(10-12-19)25-21-15-16(2)24-22(26-21)23-14-13-17-7-5-6-8-20(17)27-3/h5-12,15H,4,13-14H2,1-3H3,(H2,23,24,25,26). The Kier molecular flexibility index (Phi) is 6.68. The van der Waals surface area contributed by atoms with Crippen molar-refractivity contribution in [1.82, 2.24) is 9.97 Å². The van der Waals surface area contributed by atoms with Crippen molar-refractivity contribution >= 4 is 17.5 Å². The fourth-order valence-electron chi connectivity index (χ4n) is 2.88. The van der Waals surface area contributed by atoms with Crippen molar-refractivity contribution in [2.75, 3.05) is 30.9 Å². The van der Waals surface area contributed by atoms with Crippen LogP contribution in [0.15, 0.2) is 54.6 Å². The van der Waals surface area contributed by atoms with Crippen LogP contribution in [0.5, 0.6) is 11.5 Å². The predicted molar refractivity (Wildman–Crippen MR) is 113 cm³/mol. The van der Waals surface area contributed by atoms with E-state index in [1.54, 1.807) is 7.11 Å². The minimum Gasteiger partial charge on any atom is -0.496 e. The summed E-state index contributed by atoms with van der Waals surface area (Å²) in [6, 6.07) is 17.8. The summed E-state index contributed by atoms with van der Waals surface area (Å²) in [5.41, 5.74) is 2.99. The summed E-state index contributed by atoms with van der Waals surface area (Å²) in [5.74, 6) is 3.10. The molecule has 0 bridgehead atoms. The molecule has 3 rings (SSSR count). The molecule has 3 aromatic rings. The van der Waals surface area contributed by atoms with Crippen molar-refractivity contribution < 1.29 is 9.47 Å². The quantitative estimate of drug-likeness (QED) is 0.568. The number of para-hydroxylation sites is 1. The van der Waals surface area contributed by atoms with Crippen molar-refractivity contribution in [1.29, 1.82) is 0 Å². The van der Waals surface area contributed by atoms with Crippen LogP contribution in [0.2, 0.25) is 0 Å². The number of hydrogen-bond donors (Lipinski definition) is 2. The summed E-state index contributed by atoms with van der Waals surface area (Å²) >= 11 is 0. The highest BCUT2D eigenvalue weighted by Gasteiger charge is 2.05. The maximum Gasteiger partial charge on any atom is 0.224 e. The Balaban J connectivity index is 1.62. The van der Waals surface area contributed by atoms with E-state index < -0.39 is 0 Å². The van der Waals surface area contributed by atoms with Crippen LogP contribution in [-0.2, 0) is 6.42 Å². The molecule has 0 radical (unpaired) electrons. The van der Waals surface area contributed by atoms with Gasteiger partial charge < -0.3 is 20.1 Å². The molecular weight excluding hydrogens is 352 g/mol.